The highest BCUT2D eigenvalue weighted by Crippen LogP contribution is 2.32. The minimum atomic E-state index is -1.13. The molecule has 0 aliphatic carbocycles. The van der Waals surface area contributed by atoms with Gasteiger partial charge in [-0.2, -0.15) is 0 Å². The molecule has 0 saturated heterocycles. The molecule has 2 aromatic rings. The van der Waals surface area contributed by atoms with Crippen molar-refractivity contribution in [2.24, 2.45) is 5.92 Å². The molecule has 0 bridgehead atoms. The van der Waals surface area contributed by atoms with Crippen molar-refractivity contribution < 1.29 is 19.1 Å². The first-order valence-corrected chi connectivity index (χ1v) is 7.59. The molecular formula is C16H16BrNO4. The first-order chi connectivity index (χ1) is 10.4. The van der Waals surface area contributed by atoms with Crippen molar-refractivity contribution in [2.45, 2.75) is 20.3 Å². The van der Waals surface area contributed by atoms with E-state index in [1.807, 2.05) is 13.8 Å². The number of carbonyl (C=O) groups excluding carboxylic acids is 1. The van der Waals surface area contributed by atoms with Crippen molar-refractivity contribution in [3.05, 3.63) is 40.6 Å². The fourth-order valence-corrected chi connectivity index (χ4v) is 2.37. The zero-order valence-corrected chi connectivity index (χ0v) is 13.8. The third kappa shape index (κ3) is 3.98. The van der Waals surface area contributed by atoms with Gasteiger partial charge in [0.2, 0.25) is 11.7 Å². The van der Waals surface area contributed by atoms with E-state index in [9.17, 15) is 9.59 Å². The minimum Gasteiger partial charge on any atom is -0.475 e. The number of anilines is 1. The van der Waals surface area contributed by atoms with Crippen LogP contribution in [0.1, 0.15) is 30.8 Å². The van der Waals surface area contributed by atoms with Gasteiger partial charge >= 0.3 is 5.97 Å². The Kier molecular flexibility index (Phi) is 5.03. The van der Waals surface area contributed by atoms with Gasteiger partial charge in [-0.25, -0.2) is 4.79 Å². The van der Waals surface area contributed by atoms with Crippen LogP contribution in [0.25, 0.3) is 11.3 Å². The second kappa shape index (κ2) is 6.79. The number of hydrogen-bond acceptors (Lipinski definition) is 3. The summed E-state index contributed by atoms with van der Waals surface area (Å²) < 4.78 is 6.11. The smallest absolute Gasteiger partial charge is 0.371 e. The third-order valence-corrected chi connectivity index (χ3v) is 3.42. The SMILES string of the molecule is CC(C)CC(=O)Nc1cc(Br)ccc1-c1ccc(C(=O)O)o1. The van der Waals surface area contributed by atoms with Crippen LogP contribution in [0.3, 0.4) is 0 Å². The molecule has 1 amide bonds. The second-order valence-corrected chi connectivity index (χ2v) is 6.22. The van der Waals surface area contributed by atoms with E-state index in [1.165, 1.54) is 6.07 Å². The number of halogens is 1. The average molecular weight is 366 g/mol. The maximum absolute atomic E-state index is 12.0. The van der Waals surface area contributed by atoms with Gasteiger partial charge in [0.1, 0.15) is 5.76 Å². The number of amides is 1. The molecule has 0 aliphatic rings. The van der Waals surface area contributed by atoms with E-state index in [-0.39, 0.29) is 17.6 Å². The van der Waals surface area contributed by atoms with Crippen LogP contribution in [0.4, 0.5) is 5.69 Å². The topological polar surface area (TPSA) is 79.5 Å². The van der Waals surface area contributed by atoms with Crippen LogP contribution in [0.2, 0.25) is 0 Å². The normalized spacial score (nSPS) is 10.7. The lowest BCUT2D eigenvalue weighted by Gasteiger charge is -2.11. The van der Waals surface area contributed by atoms with Crippen molar-refractivity contribution in [3.63, 3.8) is 0 Å². The molecule has 0 unspecified atom stereocenters. The maximum Gasteiger partial charge on any atom is 0.371 e. The summed E-state index contributed by atoms with van der Waals surface area (Å²) in [7, 11) is 0. The summed E-state index contributed by atoms with van der Waals surface area (Å²) in [5.41, 5.74) is 1.21. The van der Waals surface area contributed by atoms with Crippen molar-refractivity contribution in [1.82, 2.24) is 0 Å². The van der Waals surface area contributed by atoms with Crippen molar-refractivity contribution in [3.8, 4) is 11.3 Å². The summed E-state index contributed by atoms with van der Waals surface area (Å²) in [6.07, 6.45) is 0.407. The van der Waals surface area contributed by atoms with Gasteiger partial charge in [0.25, 0.3) is 0 Å². The molecule has 116 valence electrons. The number of aromatic carboxylic acids is 1. The highest BCUT2D eigenvalue weighted by Gasteiger charge is 2.15. The van der Waals surface area contributed by atoms with Gasteiger partial charge in [0, 0.05) is 16.5 Å². The lowest BCUT2D eigenvalue weighted by Crippen LogP contribution is -2.14. The summed E-state index contributed by atoms with van der Waals surface area (Å²) in [6.45, 7) is 3.93. The van der Waals surface area contributed by atoms with Gasteiger partial charge in [-0.3, -0.25) is 4.79 Å². The number of carboxylic acid groups (broad SMARTS) is 1. The molecular weight excluding hydrogens is 350 g/mol. The monoisotopic (exact) mass is 365 g/mol. The average Bonchev–Trinajstić information content (AvgIpc) is 2.87. The largest absolute Gasteiger partial charge is 0.475 e. The predicted molar refractivity (Wildman–Crippen MR) is 86.9 cm³/mol. The quantitative estimate of drug-likeness (QED) is 0.823. The Bertz CT molecular complexity index is 706. The van der Waals surface area contributed by atoms with Crippen LogP contribution in [0.5, 0.6) is 0 Å². The van der Waals surface area contributed by atoms with Crippen LogP contribution in [0.15, 0.2) is 39.2 Å². The molecule has 6 heteroatoms. The Balaban J connectivity index is 2.34. The molecule has 1 heterocycles. The Morgan fingerprint density at radius 1 is 1.27 bits per heavy atom. The molecule has 0 atom stereocenters. The summed E-state index contributed by atoms with van der Waals surface area (Å²) in [5, 5.41) is 11.8. The van der Waals surface area contributed by atoms with E-state index >= 15 is 0 Å². The molecule has 5 nitrogen and oxygen atoms in total. The fourth-order valence-electron chi connectivity index (χ4n) is 2.00. The van der Waals surface area contributed by atoms with Crippen molar-refractivity contribution >= 4 is 33.5 Å². The molecule has 1 aromatic carbocycles. The van der Waals surface area contributed by atoms with E-state index in [1.54, 1.807) is 24.3 Å². The van der Waals surface area contributed by atoms with Crippen LogP contribution in [-0.2, 0) is 4.79 Å². The first-order valence-electron chi connectivity index (χ1n) is 6.79. The zero-order chi connectivity index (χ0) is 16.3. The van der Waals surface area contributed by atoms with E-state index in [4.69, 9.17) is 9.52 Å². The van der Waals surface area contributed by atoms with Crippen LogP contribution in [0, 0.1) is 5.92 Å². The molecule has 0 fully saturated rings. The molecule has 0 spiro atoms. The number of carbonyl (C=O) groups is 2. The zero-order valence-electron chi connectivity index (χ0n) is 12.2. The molecule has 2 N–H and O–H groups in total. The van der Waals surface area contributed by atoms with E-state index in [0.717, 1.165) is 4.47 Å². The van der Waals surface area contributed by atoms with E-state index in [0.29, 0.717) is 23.4 Å². The molecule has 0 saturated carbocycles. The summed E-state index contributed by atoms with van der Waals surface area (Å²) in [6, 6.07) is 8.29. The van der Waals surface area contributed by atoms with Crippen LogP contribution >= 0.6 is 15.9 Å². The minimum absolute atomic E-state index is 0.0978. The number of hydrogen-bond donors (Lipinski definition) is 2. The number of furan rings is 1. The Morgan fingerprint density at radius 2 is 2.00 bits per heavy atom. The van der Waals surface area contributed by atoms with Crippen molar-refractivity contribution in [2.75, 3.05) is 5.32 Å². The van der Waals surface area contributed by atoms with Crippen LogP contribution < -0.4 is 5.32 Å². The summed E-state index contributed by atoms with van der Waals surface area (Å²) >= 11 is 3.36. The summed E-state index contributed by atoms with van der Waals surface area (Å²) in [5.74, 6) is -0.729. The van der Waals surface area contributed by atoms with Gasteiger partial charge in [0.15, 0.2) is 0 Å². The van der Waals surface area contributed by atoms with Gasteiger partial charge in [0.05, 0.1) is 5.69 Å². The molecule has 1 aromatic heterocycles. The standard InChI is InChI=1S/C16H16BrNO4/c1-9(2)7-15(19)18-12-8-10(17)3-4-11(12)13-5-6-14(22-13)16(20)21/h3-6,8-9H,7H2,1-2H3,(H,18,19)(H,20,21). The highest BCUT2D eigenvalue weighted by molar-refractivity contribution is 9.10. The fraction of sp³-hybridized carbons (Fsp3) is 0.250. The number of carboxylic acids is 1. The predicted octanol–water partition coefficient (Wildman–Crippen LogP) is 4.39. The Morgan fingerprint density at radius 3 is 2.59 bits per heavy atom. The molecule has 22 heavy (non-hydrogen) atoms. The second-order valence-electron chi connectivity index (χ2n) is 5.31. The highest BCUT2D eigenvalue weighted by atomic mass is 79.9. The first kappa shape index (κ1) is 16.3. The number of nitrogens with one attached hydrogen (secondary N) is 1. The van der Waals surface area contributed by atoms with Crippen molar-refractivity contribution in [1.29, 1.82) is 0 Å². The van der Waals surface area contributed by atoms with Gasteiger partial charge in [-0.1, -0.05) is 29.8 Å². The Hall–Kier alpha value is -2.08. The lowest BCUT2D eigenvalue weighted by atomic mass is 10.1. The van der Waals surface area contributed by atoms with E-state index < -0.39 is 5.97 Å². The summed E-state index contributed by atoms with van der Waals surface area (Å²) in [4.78, 5) is 22.9. The Labute approximate surface area is 136 Å². The van der Waals surface area contributed by atoms with E-state index in [2.05, 4.69) is 21.2 Å². The number of benzene rings is 1. The van der Waals surface area contributed by atoms with Gasteiger partial charge in [-0.15, -0.1) is 0 Å². The van der Waals surface area contributed by atoms with Gasteiger partial charge in [-0.05, 0) is 36.2 Å². The lowest BCUT2D eigenvalue weighted by molar-refractivity contribution is -0.116. The molecule has 2 rings (SSSR count). The number of rotatable bonds is 5. The third-order valence-electron chi connectivity index (χ3n) is 2.93. The van der Waals surface area contributed by atoms with Gasteiger partial charge < -0.3 is 14.8 Å². The maximum atomic E-state index is 12.0. The molecule has 0 aliphatic heterocycles. The molecule has 0 radical (unpaired) electrons. The van der Waals surface area contributed by atoms with Crippen LogP contribution in [-0.4, -0.2) is 17.0 Å².